The van der Waals surface area contributed by atoms with Gasteiger partial charge in [0.15, 0.2) is 5.78 Å². The molecule has 3 aliphatic heterocycles. The van der Waals surface area contributed by atoms with Crippen LogP contribution in [0, 0.1) is 24.6 Å². The molecule has 1 aromatic carbocycles. The number of likely N-dealkylation sites (tertiary alicyclic amines) is 2. The van der Waals surface area contributed by atoms with Gasteiger partial charge in [0.2, 0.25) is 0 Å². The number of aryl methyl sites for hydroxylation is 2. The molecule has 0 spiro atoms. The Morgan fingerprint density at radius 2 is 2.15 bits per heavy atom. The zero-order chi connectivity index (χ0) is 20.7. The van der Waals surface area contributed by atoms with E-state index in [-0.39, 0.29) is 41.9 Å². The number of piperidine rings is 1. The van der Waals surface area contributed by atoms with Crippen molar-refractivity contribution in [2.45, 2.75) is 38.7 Å². The van der Waals surface area contributed by atoms with Crippen LogP contribution in [0.4, 0.5) is 9.18 Å². The van der Waals surface area contributed by atoms with Crippen LogP contribution in [0.2, 0.25) is 0 Å². The van der Waals surface area contributed by atoms with Crippen molar-refractivity contribution in [3.63, 3.8) is 0 Å². The average molecular weight is 378 g/mol. The smallest absolute Gasteiger partial charge is 0.320 e. The van der Waals surface area contributed by atoms with E-state index in [4.69, 9.17) is 7.48 Å². The lowest BCUT2D eigenvalue weighted by Crippen LogP contribution is -2.58. The second-order valence-corrected chi connectivity index (χ2v) is 7.92. The van der Waals surface area contributed by atoms with Crippen LogP contribution in [-0.4, -0.2) is 60.5 Å². The molecule has 3 aliphatic rings. The molecule has 3 heterocycles. The minimum absolute atomic E-state index is 0.0620. The van der Waals surface area contributed by atoms with Gasteiger partial charge in [0.1, 0.15) is 12.4 Å². The number of carbonyl (C=O) groups excluding carboxylic acids is 2. The molecular formula is C21H27FN2O3. The van der Waals surface area contributed by atoms with Gasteiger partial charge in [0.25, 0.3) is 0 Å². The van der Waals surface area contributed by atoms with E-state index in [9.17, 15) is 14.0 Å². The first-order valence-corrected chi connectivity index (χ1v) is 9.61. The Morgan fingerprint density at radius 3 is 2.93 bits per heavy atom. The summed E-state index contributed by atoms with van der Waals surface area (Å²) >= 11 is 0. The number of amides is 2. The van der Waals surface area contributed by atoms with Gasteiger partial charge in [-0.3, -0.25) is 4.79 Å². The molecule has 2 amide bonds. The Balaban J connectivity index is 1.31. The maximum absolute atomic E-state index is 14.1. The van der Waals surface area contributed by atoms with Gasteiger partial charge in [0, 0.05) is 41.3 Å². The molecule has 0 aromatic heterocycles. The van der Waals surface area contributed by atoms with Gasteiger partial charge in [-0.05, 0) is 49.2 Å². The molecule has 146 valence electrons. The van der Waals surface area contributed by atoms with Crippen LogP contribution in [0.3, 0.4) is 0 Å². The Hall–Kier alpha value is -1.95. The summed E-state index contributed by atoms with van der Waals surface area (Å²) in [6, 6.07) is 4.66. The SMILES string of the molecule is [3H]C(c1ccc(C)cc1F)C([3H])C1CN(C(=O)N2CC[C@@H]3OCC(=O)C[C@@H]3C2)C1. The van der Waals surface area contributed by atoms with E-state index in [0.717, 1.165) is 12.0 Å². The summed E-state index contributed by atoms with van der Waals surface area (Å²) in [5, 5.41) is 0. The van der Waals surface area contributed by atoms with E-state index in [0.29, 0.717) is 32.6 Å². The number of hydrogen-bond donors (Lipinski definition) is 0. The van der Waals surface area contributed by atoms with Crippen LogP contribution in [0.1, 0.15) is 33.1 Å². The van der Waals surface area contributed by atoms with Crippen LogP contribution in [0.25, 0.3) is 0 Å². The summed E-state index contributed by atoms with van der Waals surface area (Å²) in [6.45, 7) is 3.93. The Kier molecular flexibility index (Phi) is 4.51. The van der Waals surface area contributed by atoms with Gasteiger partial charge < -0.3 is 14.5 Å². The van der Waals surface area contributed by atoms with Gasteiger partial charge in [-0.1, -0.05) is 12.1 Å². The molecule has 6 heteroatoms. The fourth-order valence-electron chi connectivity index (χ4n) is 4.15. The molecule has 4 atom stereocenters. The maximum Gasteiger partial charge on any atom is 0.320 e. The van der Waals surface area contributed by atoms with Crippen molar-refractivity contribution in [1.29, 1.82) is 0 Å². The Morgan fingerprint density at radius 1 is 1.33 bits per heavy atom. The van der Waals surface area contributed by atoms with E-state index in [2.05, 4.69) is 0 Å². The number of rotatable bonds is 3. The molecule has 5 nitrogen and oxygen atoms in total. The summed E-state index contributed by atoms with van der Waals surface area (Å²) in [5.74, 6) is -0.426. The minimum atomic E-state index is -0.973. The van der Waals surface area contributed by atoms with Crippen molar-refractivity contribution in [2.24, 2.45) is 11.8 Å². The predicted molar refractivity (Wildman–Crippen MR) is 99.0 cm³/mol. The van der Waals surface area contributed by atoms with Crippen LogP contribution < -0.4 is 0 Å². The number of ether oxygens (including phenoxy) is 1. The Labute approximate surface area is 162 Å². The minimum Gasteiger partial charge on any atom is -0.370 e. The molecule has 2 unspecified atom stereocenters. The normalized spacial score (nSPS) is 29.3. The molecule has 27 heavy (non-hydrogen) atoms. The van der Waals surface area contributed by atoms with E-state index in [1.807, 2.05) is 0 Å². The monoisotopic (exact) mass is 378 g/mol. The second-order valence-electron chi connectivity index (χ2n) is 7.92. The van der Waals surface area contributed by atoms with Gasteiger partial charge in [0.05, 0.1) is 6.10 Å². The average Bonchev–Trinajstić information content (AvgIpc) is 2.65. The molecule has 0 bridgehead atoms. The maximum atomic E-state index is 14.1. The number of ketones is 1. The van der Waals surface area contributed by atoms with Crippen molar-refractivity contribution in [1.82, 2.24) is 9.80 Å². The van der Waals surface area contributed by atoms with E-state index in [1.165, 1.54) is 6.07 Å². The molecule has 0 N–H and O–H groups in total. The van der Waals surface area contributed by atoms with Crippen molar-refractivity contribution >= 4 is 11.8 Å². The zero-order valence-corrected chi connectivity index (χ0v) is 15.6. The standard InChI is InChI=1S/C21H27FN2O3/c1-14-2-4-16(19(22)8-14)5-3-15-10-24(11-15)21(26)23-7-6-20-17(12-23)9-18(25)13-27-20/h2,4,8,15,17,20H,3,5-7,9-13H2,1H3/t17-,20+/m1/s1/i3T,5T/t3?,5?,17-,20+. The topological polar surface area (TPSA) is 49.9 Å². The first kappa shape index (κ1) is 16.0. The lowest BCUT2D eigenvalue weighted by atomic mass is 9.88. The molecule has 3 saturated heterocycles. The van der Waals surface area contributed by atoms with Gasteiger partial charge in [-0.25, -0.2) is 9.18 Å². The number of hydrogen-bond acceptors (Lipinski definition) is 3. The highest BCUT2D eigenvalue weighted by Crippen LogP contribution is 2.29. The number of benzene rings is 1. The summed E-state index contributed by atoms with van der Waals surface area (Å²) in [4.78, 5) is 27.9. The quantitative estimate of drug-likeness (QED) is 0.813. The summed E-state index contributed by atoms with van der Waals surface area (Å²) in [5.41, 5.74) is 1.03. The number of urea groups is 1. The highest BCUT2D eigenvalue weighted by atomic mass is 19.1. The molecule has 0 radical (unpaired) electrons. The van der Waals surface area contributed by atoms with E-state index < -0.39 is 18.6 Å². The van der Waals surface area contributed by atoms with E-state index in [1.54, 1.807) is 28.9 Å². The first-order chi connectivity index (χ1) is 13.8. The molecule has 3 fully saturated rings. The molecule has 0 saturated carbocycles. The van der Waals surface area contributed by atoms with Crippen LogP contribution in [-0.2, 0) is 15.9 Å². The molecule has 1 aromatic rings. The summed E-state index contributed by atoms with van der Waals surface area (Å²) in [7, 11) is 0. The van der Waals surface area contributed by atoms with E-state index >= 15 is 0 Å². The lowest BCUT2D eigenvalue weighted by molar-refractivity contribution is -0.140. The molecule has 0 aliphatic carbocycles. The third-order valence-electron chi connectivity index (χ3n) is 5.77. The van der Waals surface area contributed by atoms with Gasteiger partial charge in [-0.15, -0.1) is 0 Å². The van der Waals surface area contributed by atoms with Gasteiger partial charge >= 0.3 is 6.03 Å². The van der Waals surface area contributed by atoms with Crippen LogP contribution in [0.15, 0.2) is 18.2 Å². The number of halogens is 1. The summed E-state index contributed by atoms with van der Waals surface area (Å²) < 4.78 is 36.4. The van der Waals surface area contributed by atoms with Crippen molar-refractivity contribution < 1.29 is 21.5 Å². The second kappa shape index (κ2) is 7.58. The lowest BCUT2D eigenvalue weighted by Gasteiger charge is -2.46. The zero-order valence-electron chi connectivity index (χ0n) is 17.6. The first-order valence-electron chi connectivity index (χ1n) is 10.8. The fraction of sp³-hybridized carbons (Fsp3) is 0.619. The highest BCUT2D eigenvalue weighted by Gasteiger charge is 2.39. The molecular weight excluding hydrogens is 347 g/mol. The van der Waals surface area contributed by atoms with Crippen molar-refractivity contribution in [2.75, 3.05) is 32.8 Å². The molecule has 4 rings (SSSR count). The predicted octanol–water partition coefficient (Wildman–Crippen LogP) is 2.80. The number of carbonyl (C=O) groups is 2. The number of Topliss-reactive ketones (excluding diaryl/α,β-unsaturated/α-hetero) is 1. The van der Waals surface area contributed by atoms with Crippen LogP contribution in [0.5, 0.6) is 0 Å². The largest absolute Gasteiger partial charge is 0.370 e. The highest BCUT2D eigenvalue weighted by molar-refractivity contribution is 5.81. The number of fused-ring (bicyclic) bond motifs is 1. The van der Waals surface area contributed by atoms with Crippen molar-refractivity contribution in [3.05, 3.63) is 35.1 Å². The third-order valence-corrected chi connectivity index (χ3v) is 5.77. The fourth-order valence-corrected chi connectivity index (χ4v) is 4.15. The third kappa shape index (κ3) is 4.00. The summed E-state index contributed by atoms with van der Waals surface area (Å²) in [6.07, 6.45) is -0.491. The Bertz CT molecular complexity index is 802. The van der Waals surface area contributed by atoms with Crippen LogP contribution >= 0.6 is 0 Å². The number of nitrogens with zero attached hydrogens (tertiary/aromatic N) is 2. The van der Waals surface area contributed by atoms with Gasteiger partial charge in [-0.2, -0.15) is 0 Å². The van der Waals surface area contributed by atoms with Crippen molar-refractivity contribution in [3.8, 4) is 0 Å².